The molecule has 3 N–H and O–H groups in total. The third kappa shape index (κ3) is 3.01. The fraction of sp³-hybridized carbons (Fsp3) is 0.625. The molecule has 0 bridgehead atoms. The van der Waals surface area contributed by atoms with E-state index in [1.54, 1.807) is 0 Å². The van der Waals surface area contributed by atoms with Crippen molar-refractivity contribution >= 4 is 0 Å². The molecule has 0 aliphatic heterocycles. The van der Waals surface area contributed by atoms with Gasteiger partial charge in [0, 0.05) is 18.0 Å². The molecule has 0 aromatic heterocycles. The monoisotopic (exact) mass is 283 g/mol. The van der Waals surface area contributed by atoms with Gasteiger partial charge in [-0.1, -0.05) is 26.2 Å². The second kappa shape index (κ2) is 6.19. The molecule has 3 unspecified atom stereocenters. The Morgan fingerprint density at radius 3 is 2.55 bits per heavy atom. The van der Waals surface area contributed by atoms with Crippen LogP contribution in [0.3, 0.4) is 0 Å². The normalized spacial score (nSPS) is 28.4. The predicted molar refractivity (Wildman–Crippen MR) is 75.1 cm³/mol. The average Bonchev–Trinajstić information content (AvgIpc) is 2.45. The van der Waals surface area contributed by atoms with E-state index in [2.05, 4.69) is 6.92 Å². The molecule has 1 saturated carbocycles. The second-order valence-electron chi connectivity index (χ2n) is 6.04. The Labute approximate surface area is 119 Å². The van der Waals surface area contributed by atoms with Crippen LogP contribution in [0, 0.1) is 23.0 Å². The van der Waals surface area contributed by atoms with Gasteiger partial charge in [0.1, 0.15) is 11.6 Å². The van der Waals surface area contributed by atoms with Gasteiger partial charge < -0.3 is 10.8 Å². The van der Waals surface area contributed by atoms with E-state index in [1.165, 1.54) is 12.1 Å². The largest absolute Gasteiger partial charge is 0.388 e. The molecule has 1 aliphatic carbocycles. The van der Waals surface area contributed by atoms with Crippen molar-refractivity contribution in [3.05, 3.63) is 35.4 Å². The third-order valence-corrected chi connectivity index (χ3v) is 4.75. The number of aliphatic hydroxyl groups is 1. The van der Waals surface area contributed by atoms with E-state index < -0.39 is 23.2 Å². The number of hydrogen-bond acceptors (Lipinski definition) is 2. The van der Waals surface area contributed by atoms with Crippen molar-refractivity contribution in [2.24, 2.45) is 17.1 Å². The maximum Gasteiger partial charge on any atom is 0.126 e. The maximum absolute atomic E-state index is 13.3. The van der Waals surface area contributed by atoms with Crippen LogP contribution >= 0.6 is 0 Å². The molecule has 0 amide bonds. The van der Waals surface area contributed by atoms with Crippen LogP contribution in [0.1, 0.15) is 50.7 Å². The lowest BCUT2D eigenvalue weighted by Crippen LogP contribution is -2.41. The van der Waals surface area contributed by atoms with Crippen LogP contribution in [0.25, 0.3) is 0 Å². The lowest BCUT2D eigenvalue weighted by Gasteiger charge is -2.43. The summed E-state index contributed by atoms with van der Waals surface area (Å²) in [5, 5.41) is 10.6. The first-order chi connectivity index (χ1) is 9.50. The van der Waals surface area contributed by atoms with Gasteiger partial charge >= 0.3 is 0 Å². The van der Waals surface area contributed by atoms with Crippen molar-refractivity contribution in [3.63, 3.8) is 0 Å². The molecule has 4 heteroatoms. The number of halogens is 2. The highest BCUT2D eigenvalue weighted by atomic mass is 19.1. The molecular formula is C16H23F2NO. The number of nitrogens with two attached hydrogens (primary N) is 1. The molecule has 112 valence electrons. The lowest BCUT2D eigenvalue weighted by atomic mass is 9.64. The first-order valence-electron chi connectivity index (χ1n) is 7.35. The summed E-state index contributed by atoms with van der Waals surface area (Å²) in [6, 6.07) is 3.24. The van der Waals surface area contributed by atoms with Crippen LogP contribution in [0.15, 0.2) is 18.2 Å². The molecule has 1 aliphatic rings. The zero-order chi connectivity index (χ0) is 14.8. The fourth-order valence-electron chi connectivity index (χ4n) is 3.50. The summed E-state index contributed by atoms with van der Waals surface area (Å²) in [4.78, 5) is 0. The predicted octanol–water partition coefficient (Wildman–Crippen LogP) is 3.54. The minimum absolute atomic E-state index is 0.296. The summed E-state index contributed by atoms with van der Waals surface area (Å²) >= 11 is 0. The summed E-state index contributed by atoms with van der Waals surface area (Å²) in [5.74, 6) is -0.788. The van der Waals surface area contributed by atoms with Gasteiger partial charge in [-0.05, 0) is 36.5 Å². The van der Waals surface area contributed by atoms with Gasteiger partial charge in [0.2, 0.25) is 0 Å². The van der Waals surface area contributed by atoms with Crippen molar-refractivity contribution in [2.75, 3.05) is 6.54 Å². The highest BCUT2D eigenvalue weighted by Crippen LogP contribution is 2.48. The van der Waals surface area contributed by atoms with E-state index in [4.69, 9.17) is 5.73 Å². The molecular weight excluding hydrogens is 260 g/mol. The van der Waals surface area contributed by atoms with Crippen LogP contribution < -0.4 is 5.73 Å². The lowest BCUT2D eigenvalue weighted by molar-refractivity contribution is -0.0165. The summed E-state index contributed by atoms with van der Waals surface area (Å²) in [7, 11) is 0. The Balaban J connectivity index is 2.30. The van der Waals surface area contributed by atoms with Crippen molar-refractivity contribution in [3.8, 4) is 0 Å². The van der Waals surface area contributed by atoms with E-state index in [9.17, 15) is 13.9 Å². The number of benzene rings is 1. The SMILES string of the molecule is CCC1CCCC(CN)(C(O)c2cc(F)cc(F)c2)C1. The van der Waals surface area contributed by atoms with E-state index in [1.807, 2.05) is 0 Å². The summed E-state index contributed by atoms with van der Waals surface area (Å²) in [6.07, 6.45) is 3.91. The molecule has 0 spiro atoms. The molecule has 0 radical (unpaired) electrons. The Kier molecular flexibility index (Phi) is 4.76. The molecule has 1 fully saturated rings. The fourth-order valence-corrected chi connectivity index (χ4v) is 3.50. The van der Waals surface area contributed by atoms with Gasteiger partial charge in [-0.25, -0.2) is 8.78 Å². The van der Waals surface area contributed by atoms with Crippen LogP contribution in [0.4, 0.5) is 8.78 Å². The molecule has 2 rings (SSSR count). The smallest absolute Gasteiger partial charge is 0.126 e. The van der Waals surface area contributed by atoms with E-state index in [0.717, 1.165) is 38.2 Å². The highest BCUT2D eigenvalue weighted by molar-refractivity contribution is 5.22. The van der Waals surface area contributed by atoms with Crippen LogP contribution in [-0.4, -0.2) is 11.7 Å². The van der Waals surface area contributed by atoms with Gasteiger partial charge in [0.15, 0.2) is 0 Å². The minimum Gasteiger partial charge on any atom is -0.388 e. The molecule has 0 heterocycles. The van der Waals surface area contributed by atoms with Crippen LogP contribution in [0.5, 0.6) is 0 Å². The standard InChI is InChI=1S/C16H23F2NO/c1-2-11-4-3-5-16(9-11,10-19)15(20)12-6-13(17)8-14(18)7-12/h6-8,11,15,20H,2-5,9-10,19H2,1H3. The van der Waals surface area contributed by atoms with E-state index >= 15 is 0 Å². The maximum atomic E-state index is 13.3. The molecule has 0 saturated heterocycles. The minimum atomic E-state index is -0.910. The summed E-state index contributed by atoms with van der Waals surface area (Å²) < 4.78 is 26.7. The summed E-state index contributed by atoms with van der Waals surface area (Å²) in [5.41, 5.74) is 5.76. The van der Waals surface area contributed by atoms with Crippen molar-refractivity contribution < 1.29 is 13.9 Å². The van der Waals surface area contributed by atoms with Gasteiger partial charge in [0.05, 0.1) is 6.10 Å². The molecule has 20 heavy (non-hydrogen) atoms. The van der Waals surface area contributed by atoms with E-state index in [0.29, 0.717) is 18.0 Å². The summed E-state index contributed by atoms with van der Waals surface area (Å²) in [6.45, 7) is 2.47. The van der Waals surface area contributed by atoms with Crippen molar-refractivity contribution in [2.45, 2.75) is 45.1 Å². The quantitative estimate of drug-likeness (QED) is 0.887. The Hall–Kier alpha value is -1.00. The Morgan fingerprint density at radius 2 is 2.00 bits per heavy atom. The third-order valence-electron chi connectivity index (χ3n) is 4.75. The zero-order valence-corrected chi connectivity index (χ0v) is 11.9. The van der Waals surface area contributed by atoms with Gasteiger partial charge in [0.25, 0.3) is 0 Å². The molecule has 3 atom stereocenters. The number of rotatable bonds is 4. The molecule has 1 aromatic rings. The topological polar surface area (TPSA) is 46.2 Å². The first-order valence-corrected chi connectivity index (χ1v) is 7.35. The first kappa shape index (κ1) is 15.4. The zero-order valence-electron chi connectivity index (χ0n) is 11.9. The van der Waals surface area contributed by atoms with Crippen molar-refractivity contribution in [1.82, 2.24) is 0 Å². The Bertz CT molecular complexity index is 446. The highest BCUT2D eigenvalue weighted by Gasteiger charge is 2.41. The van der Waals surface area contributed by atoms with Crippen LogP contribution in [0.2, 0.25) is 0 Å². The molecule has 1 aromatic carbocycles. The van der Waals surface area contributed by atoms with Gasteiger partial charge in [-0.3, -0.25) is 0 Å². The van der Waals surface area contributed by atoms with Gasteiger partial charge in [-0.15, -0.1) is 0 Å². The number of hydrogen-bond donors (Lipinski definition) is 2. The molecule has 2 nitrogen and oxygen atoms in total. The number of aliphatic hydroxyl groups excluding tert-OH is 1. The van der Waals surface area contributed by atoms with E-state index in [-0.39, 0.29) is 0 Å². The second-order valence-corrected chi connectivity index (χ2v) is 6.04. The van der Waals surface area contributed by atoms with Crippen molar-refractivity contribution in [1.29, 1.82) is 0 Å². The van der Waals surface area contributed by atoms with Gasteiger partial charge in [-0.2, -0.15) is 0 Å². The Morgan fingerprint density at radius 1 is 1.35 bits per heavy atom. The average molecular weight is 283 g/mol. The van der Waals surface area contributed by atoms with Crippen LogP contribution in [-0.2, 0) is 0 Å².